The van der Waals surface area contributed by atoms with E-state index in [1.807, 2.05) is 0 Å². The molecule has 3 rings (SSSR count). The van der Waals surface area contributed by atoms with Gasteiger partial charge in [-0.05, 0) is 36.4 Å². The Balaban J connectivity index is 2.35. The number of methoxy groups -OCH3 is 1. The smallest absolute Gasteiger partial charge is 0.285 e. The third kappa shape index (κ3) is 2.20. The van der Waals surface area contributed by atoms with Crippen molar-refractivity contribution in [2.45, 2.75) is 0 Å². The van der Waals surface area contributed by atoms with Crippen LogP contribution >= 0.6 is 0 Å². The highest BCUT2D eigenvalue weighted by atomic mass is 16.5. The van der Waals surface area contributed by atoms with Gasteiger partial charge in [-0.1, -0.05) is 12.1 Å². The van der Waals surface area contributed by atoms with E-state index in [9.17, 15) is 9.59 Å². The number of nitrogens with zero attached hydrogens (tertiary/aromatic N) is 2. The monoisotopic (exact) mass is 295 g/mol. The van der Waals surface area contributed by atoms with Crippen molar-refractivity contribution in [2.24, 2.45) is 5.73 Å². The normalized spacial score (nSPS) is 10.6. The van der Waals surface area contributed by atoms with E-state index >= 15 is 0 Å². The minimum Gasteiger partial charge on any atom is -0.497 e. The van der Waals surface area contributed by atoms with E-state index in [0.717, 1.165) is 0 Å². The summed E-state index contributed by atoms with van der Waals surface area (Å²) in [7, 11) is 1.55. The van der Waals surface area contributed by atoms with Crippen molar-refractivity contribution in [3.63, 3.8) is 0 Å². The van der Waals surface area contributed by atoms with Crippen LogP contribution in [0.25, 0.3) is 16.6 Å². The number of primary amides is 1. The van der Waals surface area contributed by atoms with Crippen LogP contribution in [0.2, 0.25) is 0 Å². The van der Waals surface area contributed by atoms with Gasteiger partial charge in [0.1, 0.15) is 5.75 Å². The topological polar surface area (TPSA) is 87.2 Å². The molecular formula is C16H13N3O3. The maximum absolute atomic E-state index is 12.7. The summed E-state index contributed by atoms with van der Waals surface area (Å²) in [5.74, 6) is -0.223. The van der Waals surface area contributed by atoms with E-state index in [4.69, 9.17) is 10.5 Å². The first-order chi connectivity index (χ1) is 10.6. The lowest BCUT2D eigenvalue weighted by Gasteiger charge is -2.11. The number of nitrogens with two attached hydrogens (primary N) is 1. The molecule has 2 N–H and O–H groups in total. The van der Waals surface area contributed by atoms with E-state index in [-0.39, 0.29) is 11.4 Å². The van der Waals surface area contributed by atoms with Gasteiger partial charge in [0.2, 0.25) is 5.82 Å². The fourth-order valence-electron chi connectivity index (χ4n) is 2.27. The Morgan fingerprint density at radius 1 is 1.14 bits per heavy atom. The van der Waals surface area contributed by atoms with Gasteiger partial charge in [-0.2, -0.15) is 0 Å². The number of hydrogen-bond acceptors (Lipinski definition) is 4. The molecule has 6 nitrogen and oxygen atoms in total. The van der Waals surface area contributed by atoms with Crippen molar-refractivity contribution in [1.82, 2.24) is 9.55 Å². The quantitative estimate of drug-likeness (QED) is 0.793. The first-order valence-electron chi connectivity index (χ1n) is 6.58. The average Bonchev–Trinajstić information content (AvgIpc) is 2.55. The standard InChI is InChI=1S/C16H13N3O3/c1-22-11-8-6-10(7-9-11)19-15(14(17)20)18-13-5-3-2-4-12(13)16(19)21/h2-9H,1H3,(H2,17,20). The van der Waals surface area contributed by atoms with Crippen molar-refractivity contribution < 1.29 is 9.53 Å². The van der Waals surface area contributed by atoms with Crippen molar-refractivity contribution in [1.29, 1.82) is 0 Å². The van der Waals surface area contributed by atoms with Crippen molar-refractivity contribution >= 4 is 16.8 Å². The van der Waals surface area contributed by atoms with Gasteiger partial charge >= 0.3 is 0 Å². The maximum atomic E-state index is 12.7. The largest absolute Gasteiger partial charge is 0.497 e. The molecule has 0 spiro atoms. The molecule has 1 amide bonds. The highest BCUT2D eigenvalue weighted by molar-refractivity contribution is 5.92. The summed E-state index contributed by atoms with van der Waals surface area (Å²) in [6.07, 6.45) is 0. The Bertz CT molecular complexity index is 914. The number of carbonyl (C=O) groups excluding carboxylic acids is 1. The molecule has 0 unspecified atom stereocenters. The van der Waals surface area contributed by atoms with Gasteiger partial charge in [-0.3, -0.25) is 14.2 Å². The van der Waals surface area contributed by atoms with Crippen LogP contribution in [-0.2, 0) is 0 Å². The summed E-state index contributed by atoms with van der Waals surface area (Å²) < 4.78 is 6.30. The van der Waals surface area contributed by atoms with Crippen molar-refractivity contribution in [2.75, 3.05) is 7.11 Å². The third-order valence-electron chi connectivity index (χ3n) is 3.33. The summed E-state index contributed by atoms with van der Waals surface area (Å²) in [5.41, 5.74) is 5.97. The summed E-state index contributed by atoms with van der Waals surface area (Å²) in [6, 6.07) is 13.6. The SMILES string of the molecule is COc1ccc(-n2c(C(N)=O)nc3ccccc3c2=O)cc1. The number of amides is 1. The van der Waals surface area contributed by atoms with Crippen LogP contribution in [0.15, 0.2) is 53.3 Å². The number of para-hydroxylation sites is 1. The van der Waals surface area contributed by atoms with Gasteiger partial charge in [-0.25, -0.2) is 4.98 Å². The molecule has 0 saturated heterocycles. The molecule has 0 saturated carbocycles. The molecule has 0 atom stereocenters. The number of rotatable bonds is 3. The molecule has 22 heavy (non-hydrogen) atoms. The van der Waals surface area contributed by atoms with E-state index < -0.39 is 5.91 Å². The Morgan fingerprint density at radius 2 is 1.82 bits per heavy atom. The zero-order valence-electron chi connectivity index (χ0n) is 11.8. The lowest BCUT2D eigenvalue weighted by Crippen LogP contribution is -2.29. The van der Waals surface area contributed by atoms with E-state index in [2.05, 4.69) is 4.98 Å². The summed E-state index contributed by atoms with van der Waals surface area (Å²) in [4.78, 5) is 28.6. The average molecular weight is 295 g/mol. The first-order valence-corrected chi connectivity index (χ1v) is 6.58. The second-order valence-corrected chi connectivity index (χ2v) is 4.66. The van der Waals surface area contributed by atoms with E-state index in [1.165, 1.54) is 4.57 Å². The highest BCUT2D eigenvalue weighted by Crippen LogP contribution is 2.16. The Morgan fingerprint density at radius 3 is 2.45 bits per heavy atom. The summed E-state index contributed by atoms with van der Waals surface area (Å²) in [5, 5.41) is 0.420. The molecule has 110 valence electrons. The van der Waals surface area contributed by atoms with Crippen LogP contribution in [0.4, 0.5) is 0 Å². The molecule has 1 heterocycles. The Kier molecular flexibility index (Phi) is 3.34. The molecule has 2 aromatic carbocycles. The van der Waals surface area contributed by atoms with Crippen LogP contribution in [-0.4, -0.2) is 22.6 Å². The predicted octanol–water partition coefficient (Wildman–Crippen LogP) is 1.49. The molecule has 1 aromatic heterocycles. The van der Waals surface area contributed by atoms with Crippen LogP contribution in [0.1, 0.15) is 10.6 Å². The second-order valence-electron chi connectivity index (χ2n) is 4.66. The fraction of sp³-hybridized carbons (Fsp3) is 0.0625. The van der Waals surface area contributed by atoms with Gasteiger partial charge < -0.3 is 10.5 Å². The predicted molar refractivity (Wildman–Crippen MR) is 82.4 cm³/mol. The summed E-state index contributed by atoms with van der Waals surface area (Å²) >= 11 is 0. The maximum Gasteiger partial charge on any atom is 0.285 e. The Hall–Kier alpha value is -3.15. The third-order valence-corrected chi connectivity index (χ3v) is 3.33. The number of aromatic nitrogens is 2. The van der Waals surface area contributed by atoms with Crippen molar-refractivity contribution in [3.8, 4) is 11.4 Å². The minimum absolute atomic E-state index is 0.103. The first kappa shape index (κ1) is 13.8. The zero-order chi connectivity index (χ0) is 15.7. The van der Waals surface area contributed by atoms with Gasteiger partial charge in [0.25, 0.3) is 11.5 Å². The lowest BCUT2D eigenvalue weighted by atomic mass is 10.2. The molecule has 0 aliphatic heterocycles. The molecule has 0 radical (unpaired) electrons. The highest BCUT2D eigenvalue weighted by Gasteiger charge is 2.16. The number of benzene rings is 2. The van der Waals surface area contributed by atoms with Crippen LogP contribution in [0.5, 0.6) is 5.75 Å². The van der Waals surface area contributed by atoms with E-state index in [1.54, 1.807) is 55.6 Å². The molecular weight excluding hydrogens is 282 g/mol. The lowest BCUT2D eigenvalue weighted by molar-refractivity contribution is 0.0988. The van der Waals surface area contributed by atoms with E-state index in [0.29, 0.717) is 22.3 Å². The van der Waals surface area contributed by atoms with Crippen LogP contribution in [0.3, 0.4) is 0 Å². The van der Waals surface area contributed by atoms with Gasteiger partial charge in [-0.15, -0.1) is 0 Å². The van der Waals surface area contributed by atoms with Gasteiger partial charge in [0, 0.05) is 0 Å². The number of hydrogen-bond donors (Lipinski definition) is 1. The van der Waals surface area contributed by atoms with Crippen LogP contribution in [0, 0.1) is 0 Å². The molecule has 0 fully saturated rings. The van der Waals surface area contributed by atoms with Gasteiger partial charge in [0.05, 0.1) is 23.7 Å². The van der Waals surface area contributed by atoms with Crippen LogP contribution < -0.4 is 16.0 Å². The summed E-state index contributed by atoms with van der Waals surface area (Å²) in [6.45, 7) is 0. The molecule has 6 heteroatoms. The number of carbonyl (C=O) groups is 1. The fourth-order valence-corrected chi connectivity index (χ4v) is 2.27. The number of fused-ring (bicyclic) bond motifs is 1. The Labute approximate surface area is 125 Å². The van der Waals surface area contributed by atoms with Crippen molar-refractivity contribution in [3.05, 3.63) is 64.7 Å². The zero-order valence-corrected chi connectivity index (χ0v) is 11.8. The molecule has 0 bridgehead atoms. The van der Waals surface area contributed by atoms with Gasteiger partial charge in [0.15, 0.2) is 0 Å². The number of ether oxygens (including phenoxy) is 1. The molecule has 0 aliphatic rings. The second kappa shape index (κ2) is 5.33. The molecule has 0 aliphatic carbocycles. The minimum atomic E-state index is -0.765. The molecule has 3 aromatic rings.